The lowest BCUT2D eigenvalue weighted by molar-refractivity contribution is 0.210. The Balaban J connectivity index is 1.93. The minimum absolute atomic E-state index is 0.538. The number of benzene rings is 2. The van der Waals surface area contributed by atoms with Gasteiger partial charge in [0.15, 0.2) is 0 Å². The third-order valence-electron chi connectivity index (χ3n) is 3.96. The van der Waals surface area contributed by atoms with E-state index >= 15 is 0 Å². The SMILES string of the molecule is COc1cccc(-c2cnc(C(O)c3cc(C)ccc3C)[nH]2)c1. The molecule has 0 spiro atoms. The summed E-state index contributed by atoms with van der Waals surface area (Å²) in [5.74, 6) is 1.32. The molecule has 0 aliphatic heterocycles. The van der Waals surface area contributed by atoms with E-state index in [2.05, 4.69) is 9.97 Å². The molecule has 0 saturated heterocycles. The number of nitrogens with one attached hydrogen (secondary N) is 1. The fraction of sp³-hybridized carbons (Fsp3) is 0.211. The number of nitrogens with zero attached hydrogens (tertiary/aromatic N) is 1. The van der Waals surface area contributed by atoms with Crippen molar-refractivity contribution in [3.8, 4) is 17.0 Å². The Hall–Kier alpha value is -2.59. The Kier molecular flexibility index (Phi) is 4.17. The first-order valence-corrected chi connectivity index (χ1v) is 7.53. The average molecular weight is 308 g/mol. The summed E-state index contributed by atoms with van der Waals surface area (Å²) in [7, 11) is 1.64. The molecule has 2 aromatic carbocycles. The van der Waals surface area contributed by atoms with Crippen LogP contribution >= 0.6 is 0 Å². The fourth-order valence-electron chi connectivity index (χ4n) is 2.61. The molecule has 0 bridgehead atoms. The molecular formula is C19H20N2O2. The largest absolute Gasteiger partial charge is 0.497 e. The summed E-state index contributed by atoms with van der Waals surface area (Å²) in [5.41, 5.74) is 4.85. The third kappa shape index (κ3) is 3.12. The minimum atomic E-state index is -0.769. The van der Waals surface area contributed by atoms with Gasteiger partial charge in [0.1, 0.15) is 17.7 Å². The van der Waals surface area contributed by atoms with Gasteiger partial charge in [0.25, 0.3) is 0 Å². The summed E-state index contributed by atoms with van der Waals surface area (Å²) in [6.07, 6.45) is 0.965. The maximum atomic E-state index is 10.6. The summed E-state index contributed by atoms with van der Waals surface area (Å²) in [4.78, 5) is 7.56. The molecule has 0 radical (unpaired) electrons. The van der Waals surface area contributed by atoms with E-state index in [4.69, 9.17) is 4.74 Å². The van der Waals surface area contributed by atoms with Crippen LogP contribution in [0, 0.1) is 13.8 Å². The van der Waals surface area contributed by atoms with Crippen LogP contribution in [-0.2, 0) is 0 Å². The molecule has 0 fully saturated rings. The van der Waals surface area contributed by atoms with E-state index in [1.165, 1.54) is 0 Å². The van der Waals surface area contributed by atoms with E-state index in [0.29, 0.717) is 5.82 Å². The van der Waals surface area contributed by atoms with Gasteiger partial charge in [-0.2, -0.15) is 0 Å². The van der Waals surface area contributed by atoms with Gasteiger partial charge in [-0.05, 0) is 37.1 Å². The fourth-order valence-corrected chi connectivity index (χ4v) is 2.61. The number of aryl methyl sites for hydroxylation is 2. The molecule has 2 N–H and O–H groups in total. The van der Waals surface area contributed by atoms with Crippen molar-refractivity contribution in [3.63, 3.8) is 0 Å². The molecule has 3 aromatic rings. The van der Waals surface area contributed by atoms with E-state index < -0.39 is 6.10 Å². The number of aliphatic hydroxyl groups excluding tert-OH is 1. The molecule has 1 unspecified atom stereocenters. The van der Waals surface area contributed by atoms with Crippen molar-refractivity contribution in [2.75, 3.05) is 7.11 Å². The molecule has 4 heteroatoms. The molecule has 1 heterocycles. The Bertz CT molecular complexity index is 824. The number of methoxy groups -OCH3 is 1. The first-order valence-electron chi connectivity index (χ1n) is 7.53. The number of rotatable bonds is 4. The van der Waals surface area contributed by atoms with Crippen LogP contribution < -0.4 is 4.74 Å². The van der Waals surface area contributed by atoms with Crippen molar-refractivity contribution in [2.24, 2.45) is 0 Å². The Labute approximate surface area is 135 Å². The number of aromatic amines is 1. The van der Waals surface area contributed by atoms with Crippen LogP contribution in [0.25, 0.3) is 11.3 Å². The maximum Gasteiger partial charge on any atom is 0.140 e. The van der Waals surface area contributed by atoms with Crippen LogP contribution in [0.3, 0.4) is 0 Å². The maximum absolute atomic E-state index is 10.6. The predicted octanol–water partition coefficient (Wildman–Crippen LogP) is 3.78. The van der Waals surface area contributed by atoms with Crippen molar-refractivity contribution < 1.29 is 9.84 Å². The lowest BCUT2D eigenvalue weighted by Crippen LogP contribution is -2.04. The van der Waals surface area contributed by atoms with Crippen LogP contribution in [0.2, 0.25) is 0 Å². The molecule has 0 aliphatic rings. The molecule has 1 atom stereocenters. The van der Waals surface area contributed by atoms with Gasteiger partial charge in [-0.15, -0.1) is 0 Å². The summed E-state index contributed by atoms with van der Waals surface area (Å²) in [5, 5.41) is 10.6. The van der Waals surface area contributed by atoms with Crippen molar-refractivity contribution in [1.29, 1.82) is 0 Å². The zero-order valence-corrected chi connectivity index (χ0v) is 13.5. The van der Waals surface area contributed by atoms with Crippen LogP contribution in [0.4, 0.5) is 0 Å². The first kappa shape index (κ1) is 15.3. The van der Waals surface area contributed by atoms with E-state index in [0.717, 1.165) is 33.7 Å². The van der Waals surface area contributed by atoms with Crippen LogP contribution in [0.5, 0.6) is 5.75 Å². The lowest BCUT2D eigenvalue weighted by Gasteiger charge is -2.12. The highest BCUT2D eigenvalue weighted by atomic mass is 16.5. The summed E-state index contributed by atoms with van der Waals surface area (Å²) in [6, 6.07) is 13.8. The molecule has 1 aromatic heterocycles. The molecule has 23 heavy (non-hydrogen) atoms. The van der Waals surface area contributed by atoms with Crippen LogP contribution in [0.1, 0.15) is 28.6 Å². The Morgan fingerprint density at radius 2 is 1.96 bits per heavy atom. The van der Waals surface area contributed by atoms with Gasteiger partial charge in [0, 0.05) is 5.56 Å². The van der Waals surface area contributed by atoms with E-state index in [1.807, 2.05) is 56.3 Å². The molecular weight excluding hydrogens is 288 g/mol. The number of aliphatic hydroxyl groups is 1. The lowest BCUT2D eigenvalue weighted by atomic mass is 10.0. The van der Waals surface area contributed by atoms with E-state index in [9.17, 15) is 5.11 Å². The highest BCUT2D eigenvalue weighted by molar-refractivity contribution is 5.60. The highest BCUT2D eigenvalue weighted by Crippen LogP contribution is 2.27. The van der Waals surface area contributed by atoms with Gasteiger partial charge in [-0.1, -0.05) is 35.9 Å². The molecule has 0 amide bonds. The molecule has 118 valence electrons. The standard InChI is InChI=1S/C19H20N2O2/c1-12-7-8-13(2)16(9-12)18(22)19-20-11-17(21-19)14-5-4-6-15(10-14)23-3/h4-11,18,22H,1-3H3,(H,20,21). The van der Waals surface area contributed by atoms with E-state index in [-0.39, 0.29) is 0 Å². The second-order valence-corrected chi connectivity index (χ2v) is 5.68. The van der Waals surface area contributed by atoms with Gasteiger partial charge in [-0.3, -0.25) is 0 Å². The molecule has 3 rings (SSSR count). The topological polar surface area (TPSA) is 58.1 Å². The number of aromatic nitrogens is 2. The second kappa shape index (κ2) is 6.26. The summed E-state index contributed by atoms with van der Waals surface area (Å²) in [6.45, 7) is 4.00. The predicted molar refractivity (Wildman–Crippen MR) is 90.6 cm³/mol. The molecule has 4 nitrogen and oxygen atoms in total. The molecule has 0 saturated carbocycles. The minimum Gasteiger partial charge on any atom is -0.497 e. The quantitative estimate of drug-likeness (QED) is 0.771. The number of imidazole rings is 1. The van der Waals surface area contributed by atoms with Crippen molar-refractivity contribution in [1.82, 2.24) is 9.97 Å². The summed E-state index contributed by atoms with van der Waals surface area (Å²) >= 11 is 0. The normalized spacial score (nSPS) is 12.2. The smallest absolute Gasteiger partial charge is 0.140 e. The van der Waals surface area contributed by atoms with Crippen LogP contribution in [0.15, 0.2) is 48.7 Å². The Morgan fingerprint density at radius 1 is 1.13 bits per heavy atom. The zero-order chi connectivity index (χ0) is 16.4. The average Bonchev–Trinajstić information content (AvgIpc) is 3.06. The zero-order valence-electron chi connectivity index (χ0n) is 13.5. The number of ether oxygens (including phenoxy) is 1. The van der Waals surface area contributed by atoms with Crippen LogP contribution in [-0.4, -0.2) is 22.2 Å². The van der Waals surface area contributed by atoms with Gasteiger partial charge >= 0.3 is 0 Å². The van der Waals surface area contributed by atoms with Gasteiger partial charge in [-0.25, -0.2) is 4.98 Å². The van der Waals surface area contributed by atoms with Gasteiger partial charge < -0.3 is 14.8 Å². The highest BCUT2D eigenvalue weighted by Gasteiger charge is 2.17. The van der Waals surface area contributed by atoms with Crippen molar-refractivity contribution in [2.45, 2.75) is 20.0 Å². The van der Waals surface area contributed by atoms with Crippen molar-refractivity contribution in [3.05, 3.63) is 71.2 Å². The third-order valence-corrected chi connectivity index (χ3v) is 3.96. The summed E-state index contributed by atoms with van der Waals surface area (Å²) < 4.78 is 5.25. The van der Waals surface area contributed by atoms with E-state index in [1.54, 1.807) is 13.3 Å². The number of hydrogen-bond acceptors (Lipinski definition) is 3. The second-order valence-electron chi connectivity index (χ2n) is 5.68. The van der Waals surface area contributed by atoms with Crippen molar-refractivity contribution >= 4 is 0 Å². The number of hydrogen-bond donors (Lipinski definition) is 2. The number of H-pyrrole nitrogens is 1. The Morgan fingerprint density at radius 3 is 2.74 bits per heavy atom. The van der Waals surface area contributed by atoms with Gasteiger partial charge in [0.2, 0.25) is 0 Å². The van der Waals surface area contributed by atoms with Gasteiger partial charge in [0.05, 0.1) is 19.0 Å². The molecule has 0 aliphatic carbocycles. The first-order chi connectivity index (χ1) is 11.1. The monoisotopic (exact) mass is 308 g/mol.